The summed E-state index contributed by atoms with van der Waals surface area (Å²) in [5, 5.41) is 9.66. The minimum Gasteiger partial charge on any atom is -0.497 e. The van der Waals surface area contributed by atoms with Crippen LogP contribution in [0.4, 0.5) is 5.69 Å². The van der Waals surface area contributed by atoms with Gasteiger partial charge in [-0.2, -0.15) is 5.10 Å². The number of nitrogens with zero attached hydrogens (tertiary/aromatic N) is 1. The van der Waals surface area contributed by atoms with E-state index in [-0.39, 0.29) is 11.8 Å². The minimum atomic E-state index is -0.301. The van der Waals surface area contributed by atoms with E-state index in [9.17, 15) is 4.79 Å². The van der Waals surface area contributed by atoms with Crippen molar-refractivity contribution in [2.45, 2.75) is 19.8 Å². The maximum absolute atomic E-state index is 12.2. The monoisotopic (exact) mass is 289 g/mol. The van der Waals surface area contributed by atoms with E-state index >= 15 is 0 Å². The molecule has 0 bridgehead atoms. The van der Waals surface area contributed by atoms with Gasteiger partial charge in [-0.25, -0.2) is 0 Å². The number of anilines is 1. The van der Waals surface area contributed by atoms with Gasteiger partial charge in [0.1, 0.15) is 11.5 Å². The fraction of sp³-hybridized carbons (Fsp3) is 0.333. The maximum atomic E-state index is 12.2. The number of aromatic amines is 1. The molecule has 0 aliphatic carbocycles. The van der Waals surface area contributed by atoms with Gasteiger partial charge in [0.2, 0.25) is 0 Å². The van der Waals surface area contributed by atoms with Crippen LogP contribution in [-0.2, 0) is 0 Å². The standard InChI is InChI=1S/C15H19N3O3/c1-9(2)11-8-13(18-17-11)15(19)16-12-7-10(20-3)5-6-14(12)21-4/h5-9H,1-4H3,(H,16,19)(H,17,18). The van der Waals surface area contributed by atoms with Crippen molar-refractivity contribution in [2.75, 3.05) is 19.5 Å². The SMILES string of the molecule is COc1ccc(OC)c(NC(=O)c2cc(C(C)C)[nH]n2)c1. The lowest BCUT2D eigenvalue weighted by atomic mass is 10.1. The molecule has 0 aliphatic rings. The number of benzene rings is 1. The molecule has 0 aliphatic heterocycles. The average Bonchev–Trinajstić information content (AvgIpc) is 2.97. The summed E-state index contributed by atoms with van der Waals surface area (Å²) in [4.78, 5) is 12.2. The van der Waals surface area contributed by atoms with E-state index in [1.165, 1.54) is 0 Å². The second-order valence-electron chi connectivity index (χ2n) is 4.88. The minimum absolute atomic E-state index is 0.283. The third-order valence-electron chi connectivity index (χ3n) is 3.11. The Hall–Kier alpha value is -2.50. The van der Waals surface area contributed by atoms with Gasteiger partial charge >= 0.3 is 0 Å². The van der Waals surface area contributed by atoms with Gasteiger partial charge in [-0.1, -0.05) is 13.8 Å². The van der Waals surface area contributed by atoms with Crippen LogP contribution in [0.5, 0.6) is 11.5 Å². The molecule has 2 aromatic rings. The highest BCUT2D eigenvalue weighted by molar-refractivity contribution is 6.03. The van der Waals surface area contributed by atoms with Gasteiger partial charge in [0.05, 0.1) is 19.9 Å². The predicted octanol–water partition coefficient (Wildman–Crippen LogP) is 2.80. The van der Waals surface area contributed by atoms with Crippen molar-refractivity contribution in [1.29, 1.82) is 0 Å². The molecule has 0 radical (unpaired) electrons. The summed E-state index contributed by atoms with van der Waals surface area (Å²) >= 11 is 0. The van der Waals surface area contributed by atoms with Crippen molar-refractivity contribution in [2.24, 2.45) is 0 Å². The van der Waals surface area contributed by atoms with Gasteiger partial charge in [0.25, 0.3) is 5.91 Å². The number of ether oxygens (including phenoxy) is 2. The number of H-pyrrole nitrogens is 1. The van der Waals surface area contributed by atoms with Crippen molar-refractivity contribution in [1.82, 2.24) is 10.2 Å². The van der Waals surface area contributed by atoms with E-state index in [0.29, 0.717) is 22.9 Å². The zero-order valence-electron chi connectivity index (χ0n) is 12.6. The topological polar surface area (TPSA) is 76.2 Å². The highest BCUT2D eigenvalue weighted by atomic mass is 16.5. The molecule has 1 amide bonds. The largest absolute Gasteiger partial charge is 0.497 e. The number of nitrogens with one attached hydrogen (secondary N) is 2. The number of rotatable bonds is 5. The molecule has 2 rings (SSSR count). The quantitative estimate of drug-likeness (QED) is 0.887. The molecule has 112 valence electrons. The number of amides is 1. The molecule has 1 aromatic heterocycles. The first kappa shape index (κ1) is 14.9. The van der Waals surface area contributed by atoms with E-state index in [2.05, 4.69) is 15.5 Å². The van der Waals surface area contributed by atoms with E-state index in [4.69, 9.17) is 9.47 Å². The zero-order chi connectivity index (χ0) is 15.4. The second-order valence-corrected chi connectivity index (χ2v) is 4.88. The van der Waals surface area contributed by atoms with Crippen molar-refractivity contribution in [3.63, 3.8) is 0 Å². The van der Waals surface area contributed by atoms with Gasteiger partial charge in [-0.3, -0.25) is 9.89 Å². The molecule has 0 fully saturated rings. The van der Waals surface area contributed by atoms with Gasteiger partial charge in [-0.15, -0.1) is 0 Å². The molecule has 0 saturated heterocycles. The summed E-state index contributed by atoms with van der Waals surface area (Å²) in [6, 6.07) is 6.94. The van der Waals surface area contributed by atoms with E-state index in [1.54, 1.807) is 38.5 Å². The molecule has 0 spiro atoms. The normalized spacial score (nSPS) is 10.5. The Morgan fingerprint density at radius 1 is 1.24 bits per heavy atom. The van der Waals surface area contributed by atoms with Crippen molar-refractivity contribution < 1.29 is 14.3 Å². The smallest absolute Gasteiger partial charge is 0.276 e. The van der Waals surface area contributed by atoms with Crippen molar-refractivity contribution in [3.05, 3.63) is 35.7 Å². The Balaban J connectivity index is 2.21. The van der Waals surface area contributed by atoms with Crippen LogP contribution >= 0.6 is 0 Å². The molecule has 2 N–H and O–H groups in total. The summed E-state index contributed by atoms with van der Waals surface area (Å²) in [7, 11) is 3.11. The van der Waals surface area contributed by atoms with Crippen LogP contribution in [0.3, 0.4) is 0 Å². The number of carbonyl (C=O) groups is 1. The Morgan fingerprint density at radius 2 is 2.00 bits per heavy atom. The fourth-order valence-corrected chi connectivity index (χ4v) is 1.85. The molecular formula is C15H19N3O3. The summed E-state index contributed by atoms with van der Waals surface area (Å²) in [6.45, 7) is 4.06. The second kappa shape index (κ2) is 6.30. The van der Waals surface area contributed by atoms with Crippen LogP contribution in [0.25, 0.3) is 0 Å². The Bertz CT molecular complexity index is 635. The molecule has 0 saturated carbocycles. The number of carbonyl (C=O) groups excluding carboxylic acids is 1. The van der Waals surface area contributed by atoms with Crippen LogP contribution < -0.4 is 14.8 Å². The molecule has 1 aromatic carbocycles. The fourth-order valence-electron chi connectivity index (χ4n) is 1.85. The highest BCUT2D eigenvalue weighted by Gasteiger charge is 2.15. The first-order valence-electron chi connectivity index (χ1n) is 6.63. The first-order valence-corrected chi connectivity index (χ1v) is 6.63. The van der Waals surface area contributed by atoms with Gasteiger partial charge in [0, 0.05) is 11.8 Å². The highest BCUT2D eigenvalue weighted by Crippen LogP contribution is 2.29. The van der Waals surface area contributed by atoms with Crippen LogP contribution in [0.2, 0.25) is 0 Å². The van der Waals surface area contributed by atoms with E-state index < -0.39 is 0 Å². The lowest BCUT2D eigenvalue weighted by Crippen LogP contribution is -2.13. The Kier molecular flexibility index (Phi) is 4.47. The third-order valence-corrected chi connectivity index (χ3v) is 3.11. The number of methoxy groups -OCH3 is 2. The lowest BCUT2D eigenvalue weighted by molar-refractivity contribution is 0.102. The summed E-state index contributed by atoms with van der Waals surface area (Å²) in [5.41, 5.74) is 1.79. The van der Waals surface area contributed by atoms with Crippen molar-refractivity contribution in [3.8, 4) is 11.5 Å². The molecule has 21 heavy (non-hydrogen) atoms. The molecule has 1 heterocycles. The van der Waals surface area contributed by atoms with Crippen LogP contribution in [0.15, 0.2) is 24.3 Å². The summed E-state index contributed by atoms with van der Waals surface area (Å²) in [6.07, 6.45) is 0. The third kappa shape index (κ3) is 3.34. The molecule has 6 nitrogen and oxygen atoms in total. The first-order chi connectivity index (χ1) is 10.0. The van der Waals surface area contributed by atoms with Crippen LogP contribution in [0.1, 0.15) is 35.9 Å². The number of hydrogen-bond donors (Lipinski definition) is 2. The van der Waals surface area contributed by atoms with Gasteiger partial charge < -0.3 is 14.8 Å². The van der Waals surface area contributed by atoms with Crippen LogP contribution in [0, 0.1) is 0 Å². The molecule has 6 heteroatoms. The maximum Gasteiger partial charge on any atom is 0.276 e. The van der Waals surface area contributed by atoms with Crippen molar-refractivity contribution >= 4 is 11.6 Å². The Labute approximate surface area is 123 Å². The molecule has 0 unspecified atom stereocenters. The van der Waals surface area contributed by atoms with E-state index in [1.807, 2.05) is 13.8 Å². The zero-order valence-corrected chi connectivity index (χ0v) is 12.6. The van der Waals surface area contributed by atoms with Crippen LogP contribution in [-0.4, -0.2) is 30.3 Å². The van der Waals surface area contributed by atoms with Gasteiger partial charge in [-0.05, 0) is 24.1 Å². The summed E-state index contributed by atoms with van der Waals surface area (Å²) in [5.74, 6) is 1.18. The van der Waals surface area contributed by atoms with Gasteiger partial charge in [0.15, 0.2) is 5.69 Å². The van der Waals surface area contributed by atoms with E-state index in [0.717, 1.165) is 5.69 Å². The number of hydrogen-bond acceptors (Lipinski definition) is 4. The predicted molar refractivity (Wildman–Crippen MR) is 80.2 cm³/mol. The summed E-state index contributed by atoms with van der Waals surface area (Å²) < 4.78 is 10.4. The molecular weight excluding hydrogens is 270 g/mol. The molecule has 0 atom stereocenters. The Morgan fingerprint density at radius 3 is 2.57 bits per heavy atom. The average molecular weight is 289 g/mol. The lowest BCUT2D eigenvalue weighted by Gasteiger charge is -2.10. The number of aromatic nitrogens is 2.